The van der Waals surface area contributed by atoms with Crippen molar-refractivity contribution in [1.29, 1.82) is 0 Å². The van der Waals surface area contributed by atoms with E-state index in [1.165, 1.54) is 18.0 Å². The zero-order chi connectivity index (χ0) is 12.2. The summed E-state index contributed by atoms with van der Waals surface area (Å²) in [4.78, 5) is 11.1. The smallest absolute Gasteiger partial charge is 0.360 e. The number of carbonyl (C=O) groups excluding carboxylic acids is 1. The molecule has 0 atom stereocenters. The number of nitrogens with zero attached hydrogens (tertiary/aromatic N) is 3. The van der Waals surface area contributed by atoms with Crippen LogP contribution in [0.15, 0.2) is 6.20 Å². The molecule has 1 heterocycles. The van der Waals surface area contributed by atoms with Crippen LogP contribution >= 0.6 is 0 Å². The number of methoxy groups -OCH3 is 1. The molecule has 0 fully saturated rings. The summed E-state index contributed by atoms with van der Waals surface area (Å²) in [5, 5.41) is 17.5. The zero-order valence-electron chi connectivity index (χ0n) is 9.80. The van der Waals surface area contributed by atoms with Crippen LogP contribution in [-0.2, 0) is 11.3 Å². The van der Waals surface area contributed by atoms with Crippen molar-refractivity contribution >= 4 is 5.97 Å². The lowest BCUT2D eigenvalue weighted by Crippen LogP contribution is -2.32. The molecule has 1 N–H and O–H groups in total. The summed E-state index contributed by atoms with van der Waals surface area (Å²) in [5.41, 5.74) is -0.654. The maximum Gasteiger partial charge on any atom is 0.360 e. The lowest BCUT2D eigenvalue weighted by Gasteiger charge is -2.24. The van der Waals surface area contributed by atoms with Gasteiger partial charge in [0.1, 0.15) is 0 Å². The third-order valence-electron chi connectivity index (χ3n) is 2.71. The summed E-state index contributed by atoms with van der Waals surface area (Å²) in [6, 6.07) is 0. The second-order valence-corrected chi connectivity index (χ2v) is 3.72. The van der Waals surface area contributed by atoms with E-state index in [4.69, 9.17) is 0 Å². The van der Waals surface area contributed by atoms with E-state index >= 15 is 0 Å². The van der Waals surface area contributed by atoms with Crippen molar-refractivity contribution in [3.8, 4) is 0 Å². The number of esters is 1. The van der Waals surface area contributed by atoms with Crippen LogP contribution in [0, 0.1) is 0 Å². The van der Waals surface area contributed by atoms with Crippen LogP contribution in [-0.4, -0.2) is 38.8 Å². The van der Waals surface area contributed by atoms with Crippen LogP contribution < -0.4 is 0 Å². The van der Waals surface area contributed by atoms with Crippen molar-refractivity contribution in [1.82, 2.24) is 15.0 Å². The summed E-state index contributed by atoms with van der Waals surface area (Å²) < 4.78 is 5.97. The van der Waals surface area contributed by atoms with E-state index in [9.17, 15) is 9.90 Å². The first-order chi connectivity index (χ1) is 7.54. The molecule has 0 spiro atoms. The molecule has 0 unspecified atom stereocenters. The van der Waals surface area contributed by atoms with E-state index < -0.39 is 11.6 Å². The number of ether oxygens (including phenoxy) is 1. The molecular weight excluding hydrogens is 210 g/mol. The third kappa shape index (κ3) is 2.79. The van der Waals surface area contributed by atoms with Crippen LogP contribution in [0.3, 0.4) is 0 Å². The Balaban J connectivity index is 2.75. The van der Waals surface area contributed by atoms with Crippen LogP contribution in [0.2, 0.25) is 0 Å². The molecule has 0 aliphatic carbocycles. The molecule has 1 rings (SSSR count). The van der Waals surface area contributed by atoms with Crippen molar-refractivity contribution in [3.63, 3.8) is 0 Å². The number of aromatic nitrogens is 3. The summed E-state index contributed by atoms with van der Waals surface area (Å²) in [6.07, 6.45) is 2.72. The first-order valence-corrected chi connectivity index (χ1v) is 5.25. The van der Waals surface area contributed by atoms with Crippen molar-refractivity contribution in [2.24, 2.45) is 0 Å². The van der Waals surface area contributed by atoms with Crippen LogP contribution in [0.5, 0.6) is 0 Å². The van der Waals surface area contributed by atoms with Gasteiger partial charge in [0.15, 0.2) is 5.69 Å². The van der Waals surface area contributed by atoms with E-state index in [2.05, 4.69) is 15.0 Å². The van der Waals surface area contributed by atoms with Gasteiger partial charge >= 0.3 is 5.97 Å². The van der Waals surface area contributed by atoms with Crippen LogP contribution in [0.25, 0.3) is 0 Å². The standard InChI is InChI=1S/C10H17N3O3/c1-4-10(15,5-2)7-13-6-8(11-12-13)9(14)16-3/h6,15H,4-5,7H2,1-3H3. The monoisotopic (exact) mass is 227 g/mol. The lowest BCUT2D eigenvalue weighted by atomic mass is 9.98. The second kappa shape index (κ2) is 5.07. The number of aliphatic hydroxyl groups is 1. The van der Waals surface area contributed by atoms with E-state index in [-0.39, 0.29) is 5.69 Å². The van der Waals surface area contributed by atoms with Gasteiger partial charge in [0, 0.05) is 0 Å². The largest absolute Gasteiger partial charge is 0.464 e. The SMILES string of the molecule is CCC(O)(CC)Cn1cc(C(=O)OC)nn1. The van der Waals surface area contributed by atoms with Crippen LogP contribution in [0.4, 0.5) is 0 Å². The predicted octanol–water partition coefficient (Wildman–Crippen LogP) is 0.616. The second-order valence-electron chi connectivity index (χ2n) is 3.72. The zero-order valence-corrected chi connectivity index (χ0v) is 9.80. The van der Waals surface area contributed by atoms with E-state index in [1.54, 1.807) is 0 Å². The fourth-order valence-corrected chi connectivity index (χ4v) is 1.35. The molecule has 1 aromatic rings. The Morgan fingerprint density at radius 3 is 2.69 bits per heavy atom. The minimum Gasteiger partial charge on any atom is -0.464 e. The van der Waals surface area contributed by atoms with Gasteiger partial charge < -0.3 is 9.84 Å². The normalized spacial score (nSPS) is 11.5. The quantitative estimate of drug-likeness (QED) is 0.746. The Labute approximate surface area is 94.2 Å². The highest BCUT2D eigenvalue weighted by atomic mass is 16.5. The fourth-order valence-electron chi connectivity index (χ4n) is 1.35. The number of rotatable bonds is 5. The Bertz CT molecular complexity index is 358. The third-order valence-corrected chi connectivity index (χ3v) is 2.71. The molecular formula is C10H17N3O3. The molecule has 0 saturated heterocycles. The van der Waals surface area contributed by atoms with Gasteiger partial charge in [0.25, 0.3) is 0 Å². The Morgan fingerprint density at radius 1 is 1.56 bits per heavy atom. The molecule has 16 heavy (non-hydrogen) atoms. The maximum atomic E-state index is 11.1. The molecule has 1 aromatic heterocycles. The lowest BCUT2D eigenvalue weighted by molar-refractivity contribution is 0.0114. The van der Waals surface area contributed by atoms with Crippen molar-refractivity contribution < 1.29 is 14.6 Å². The van der Waals surface area contributed by atoms with Gasteiger partial charge in [-0.05, 0) is 12.8 Å². The molecule has 0 amide bonds. The predicted molar refractivity (Wildman–Crippen MR) is 56.9 cm³/mol. The number of hydrogen-bond donors (Lipinski definition) is 1. The Morgan fingerprint density at radius 2 is 2.19 bits per heavy atom. The van der Waals surface area contributed by atoms with Gasteiger partial charge in [-0.2, -0.15) is 0 Å². The number of hydrogen-bond acceptors (Lipinski definition) is 5. The average molecular weight is 227 g/mol. The van der Waals surface area contributed by atoms with Gasteiger partial charge in [0.2, 0.25) is 0 Å². The summed E-state index contributed by atoms with van der Waals surface area (Å²) in [7, 11) is 1.29. The number of carbonyl (C=O) groups is 1. The van der Waals surface area contributed by atoms with Crippen molar-refractivity contribution in [2.45, 2.75) is 38.8 Å². The highest BCUT2D eigenvalue weighted by molar-refractivity contribution is 5.86. The van der Waals surface area contributed by atoms with Gasteiger partial charge in [-0.15, -0.1) is 5.10 Å². The highest BCUT2D eigenvalue weighted by Crippen LogP contribution is 2.16. The molecule has 6 heteroatoms. The summed E-state index contributed by atoms with van der Waals surface area (Å²) in [6.45, 7) is 4.13. The topological polar surface area (TPSA) is 77.2 Å². The van der Waals surface area contributed by atoms with Crippen LogP contribution in [0.1, 0.15) is 37.2 Å². The molecule has 90 valence electrons. The average Bonchev–Trinajstić information content (AvgIpc) is 2.76. The first kappa shape index (κ1) is 12.6. The Kier molecular flexibility index (Phi) is 4.00. The molecule has 0 bridgehead atoms. The first-order valence-electron chi connectivity index (χ1n) is 5.25. The molecule has 0 saturated carbocycles. The minimum absolute atomic E-state index is 0.150. The van der Waals surface area contributed by atoms with Crippen molar-refractivity contribution in [3.05, 3.63) is 11.9 Å². The van der Waals surface area contributed by atoms with Gasteiger partial charge in [-0.1, -0.05) is 19.1 Å². The molecule has 0 aromatic carbocycles. The molecule has 6 nitrogen and oxygen atoms in total. The van der Waals surface area contributed by atoms with Gasteiger partial charge in [0.05, 0.1) is 25.5 Å². The van der Waals surface area contributed by atoms with E-state index in [0.717, 1.165) is 0 Å². The van der Waals surface area contributed by atoms with Crippen molar-refractivity contribution in [2.75, 3.05) is 7.11 Å². The fraction of sp³-hybridized carbons (Fsp3) is 0.700. The summed E-state index contributed by atoms with van der Waals surface area (Å²) >= 11 is 0. The maximum absolute atomic E-state index is 11.1. The van der Waals surface area contributed by atoms with Gasteiger partial charge in [-0.3, -0.25) is 0 Å². The summed E-state index contributed by atoms with van der Waals surface area (Å²) in [5.74, 6) is -0.525. The molecule has 0 aliphatic heterocycles. The Hall–Kier alpha value is -1.43. The minimum atomic E-state index is -0.804. The van der Waals surface area contributed by atoms with E-state index in [0.29, 0.717) is 19.4 Å². The molecule has 0 radical (unpaired) electrons. The van der Waals surface area contributed by atoms with Gasteiger partial charge in [-0.25, -0.2) is 9.48 Å². The van der Waals surface area contributed by atoms with E-state index in [1.807, 2.05) is 13.8 Å². The molecule has 0 aliphatic rings. The highest BCUT2D eigenvalue weighted by Gasteiger charge is 2.24.